The standard InChI is InChI=1S/C13H19N3O2/c1-2-10-7-11(15-9-14-10)16-13(8-12(17)18)5-3-4-6-13/h7,9H,2-6,8H2,1H3,(H,17,18)(H,14,15,16). The Morgan fingerprint density at radius 2 is 2.17 bits per heavy atom. The van der Waals surface area contributed by atoms with Gasteiger partial charge in [0.2, 0.25) is 0 Å². The zero-order valence-electron chi connectivity index (χ0n) is 10.6. The fourth-order valence-corrected chi connectivity index (χ4v) is 2.62. The number of aryl methyl sites for hydroxylation is 1. The second-order valence-corrected chi connectivity index (χ2v) is 4.93. The van der Waals surface area contributed by atoms with Crippen LogP contribution in [0.25, 0.3) is 0 Å². The Kier molecular flexibility index (Phi) is 3.79. The van der Waals surface area contributed by atoms with Crippen LogP contribution >= 0.6 is 0 Å². The van der Waals surface area contributed by atoms with E-state index >= 15 is 0 Å². The Bertz CT molecular complexity index is 428. The maximum Gasteiger partial charge on any atom is 0.305 e. The molecule has 0 radical (unpaired) electrons. The first kappa shape index (κ1) is 12.8. The van der Waals surface area contributed by atoms with Gasteiger partial charge < -0.3 is 10.4 Å². The van der Waals surface area contributed by atoms with Gasteiger partial charge in [0, 0.05) is 17.3 Å². The fourth-order valence-electron chi connectivity index (χ4n) is 2.62. The molecular formula is C13H19N3O2. The molecule has 2 rings (SSSR count). The number of nitrogens with zero attached hydrogens (tertiary/aromatic N) is 2. The van der Waals surface area contributed by atoms with Crippen molar-refractivity contribution >= 4 is 11.8 Å². The zero-order chi connectivity index (χ0) is 13.0. The van der Waals surface area contributed by atoms with Crippen molar-refractivity contribution in [2.24, 2.45) is 0 Å². The Hall–Kier alpha value is -1.65. The minimum atomic E-state index is -0.755. The molecule has 18 heavy (non-hydrogen) atoms. The van der Waals surface area contributed by atoms with E-state index in [-0.39, 0.29) is 12.0 Å². The predicted octanol–water partition coefficient (Wildman–Crippen LogP) is 2.24. The summed E-state index contributed by atoms with van der Waals surface area (Å²) in [5.41, 5.74) is 0.640. The number of aliphatic carboxylic acids is 1. The summed E-state index contributed by atoms with van der Waals surface area (Å²) in [6.45, 7) is 2.04. The quantitative estimate of drug-likeness (QED) is 0.837. The van der Waals surface area contributed by atoms with E-state index in [1.165, 1.54) is 6.33 Å². The van der Waals surface area contributed by atoms with Gasteiger partial charge in [-0.05, 0) is 19.3 Å². The minimum absolute atomic E-state index is 0.151. The van der Waals surface area contributed by atoms with Gasteiger partial charge in [-0.1, -0.05) is 19.8 Å². The van der Waals surface area contributed by atoms with Crippen molar-refractivity contribution in [3.63, 3.8) is 0 Å². The lowest BCUT2D eigenvalue weighted by atomic mass is 9.93. The number of hydrogen-bond donors (Lipinski definition) is 2. The summed E-state index contributed by atoms with van der Waals surface area (Å²) >= 11 is 0. The van der Waals surface area contributed by atoms with Crippen molar-refractivity contribution in [3.05, 3.63) is 18.1 Å². The number of anilines is 1. The molecule has 5 heteroatoms. The largest absolute Gasteiger partial charge is 0.481 e. The van der Waals surface area contributed by atoms with Crippen molar-refractivity contribution in [3.8, 4) is 0 Å². The van der Waals surface area contributed by atoms with Gasteiger partial charge in [0.1, 0.15) is 12.1 Å². The third-order valence-electron chi connectivity index (χ3n) is 3.53. The molecule has 1 aromatic heterocycles. The van der Waals surface area contributed by atoms with Crippen LogP contribution in [-0.2, 0) is 11.2 Å². The molecule has 98 valence electrons. The molecule has 0 atom stereocenters. The molecule has 1 saturated carbocycles. The summed E-state index contributed by atoms with van der Waals surface area (Å²) in [5.74, 6) is -0.0147. The van der Waals surface area contributed by atoms with Gasteiger partial charge in [0.25, 0.3) is 0 Å². The number of carbonyl (C=O) groups is 1. The van der Waals surface area contributed by atoms with Crippen LogP contribution in [0.4, 0.5) is 5.82 Å². The third-order valence-corrected chi connectivity index (χ3v) is 3.53. The molecule has 0 spiro atoms. The van der Waals surface area contributed by atoms with E-state index in [1.807, 2.05) is 13.0 Å². The third kappa shape index (κ3) is 2.97. The van der Waals surface area contributed by atoms with E-state index in [0.717, 1.165) is 43.6 Å². The van der Waals surface area contributed by atoms with Gasteiger partial charge in [0.05, 0.1) is 6.42 Å². The van der Waals surface area contributed by atoms with Crippen molar-refractivity contribution < 1.29 is 9.90 Å². The van der Waals surface area contributed by atoms with Crippen molar-refractivity contribution in [2.45, 2.75) is 51.0 Å². The molecule has 1 aliphatic carbocycles. The van der Waals surface area contributed by atoms with Crippen LogP contribution in [0.3, 0.4) is 0 Å². The van der Waals surface area contributed by atoms with E-state index in [0.29, 0.717) is 0 Å². The summed E-state index contributed by atoms with van der Waals surface area (Å²) in [4.78, 5) is 19.3. The highest BCUT2D eigenvalue weighted by Gasteiger charge is 2.36. The predicted molar refractivity (Wildman–Crippen MR) is 68.5 cm³/mol. The lowest BCUT2D eigenvalue weighted by Crippen LogP contribution is -2.37. The van der Waals surface area contributed by atoms with E-state index < -0.39 is 5.97 Å². The summed E-state index contributed by atoms with van der Waals surface area (Å²) in [5, 5.41) is 12.4. The average Bonchev–Trinajstić information content (AvgIpc) is 2.76. The summed E-state index contributed by atoms with van der Waals surface area (Å²) in [6, 6.07) is 1.90. The van der Waals surface area contributed by atoms with Gasteiger partial charge in [-0.15, -0.1) is 0 Å². The molecule has 1 aliphatic rings. The van der Waals surface area contributed by atoms with E-state index in [4.69, 9.17) is 5.11 Å². The number of rotatable bonds is 5. The molecule has 0 bridgehead atoms. The van der Waals surface area contributed by atoms with Gasteiger partial charge in [-0.2, -0.15) is 0 Å². The van der Waals surface area contributed by atoms with Gasteiger partial charge in [-0.25, -0.2) is 9.97 Å². The Labute approximate surface area is 107 Å². The number of hydrogen-bond acceptors (Lipinski definition) is 4. The smallest absolute Gasteiger partial charge is 0.305 e. The van der Waals surface area contributed by atoms with E-state index in [9.17, 15) is 4.79 Å². The van der Waals surface area contributed by atoms with Gasteiger partial charge >= 0.3 is 5.97 Å². The SMILES string of the molecule is CCc1cc(NC2(CC(=O)O)CCCC2)ncn1. The minimum Gasteiger partial charge on any atom is -0.481 e. The summed E-state index contributed by atoms with van der Waals surface area (Å²) in [6.07, 6.45) is 6.47. The monoisotopic (exact) mass is 249 g/mol. The highest BCUT2D eigenvalue weighted by molar-refractivity contribution is 5.69. The molecule has 0 amide bonds. The van der Waals surface area contributed by atoms with Crippen LogP contribution in [0.1, 0.15) is 44.7 Å². The first-order valence-electron chi connectivity index (χ1n) is 6.44. The first-order chi connectivity index (χ1) is 8.63. The van der Waals surface area contributed by atoms with Crippen LogP contribution in [0, 0.1) is 0 Å². The first-order valence-corrected chi connectivity index (χ1v) is 6.44. The molecule has 1 aromatic rings. The molecule has 0 aromatic carbocycles. The van der Waals surface area contributed by atoms with Crippen LogP contribution in [0.2, 0.25) is 0 Å². The maximum absolute atomic E-state index is 11.0. The Morgan fingerprint density at radius 1 is 1.44 bits per heavy atom. The number of carboxylic acid groups (broad SMARTS) is 1. The Balaban J connectivity index is 2.15. The molecular weight excluding hydrogens is 230 g/mol. The van der Waals surface area contributed by atoms with Crippen molar-refractivity contribution in [1.29, 1.82) is 0 Å². The van der Waals surface area contributed by atoms with Crippen molar-refractivity contribution in [1.82, 2.24) is 9.97 Å². The lowest BCUT2D eigenvalue weighted by molar-refractivity contribution is -0.138. The zero-order valence-corrected chi connectivity index (χ0v) is 10.6. The molecule has 5 nitrogen and oxygen atoms in total. The van der Waals surface area contributed by atoms with Crippen LogP contribution < -0.4 is 5.32 Å². The number of nitrogens with one attached hydrogen (secondary N) is 1. The maximum atomic E-state index is 11.0. The number of carboxylic acids is 1. The van der Waals surface area contributed by atoms with Crippen LogP contribution in [0.15, 0.2) is 12.4 Å². The average molecular weight is 249 g/mol. The van der Waals surface area contributed by atoms with Crippen LogP contribution in [-0.4, -0.2) is 26.6 Å². The molecule has 0 aliphatic heterocycles. The summed E-state index contributed by atoms with van der Waals surface area (Å²) in [7, 11) is 0. The topological polar surface area (TPSA) is 75.1 Å². The second-order valence-electron chi connectivity index (χ2n) is 4.93. The molecule has 0 saturated heterocycles. The van der Waals surface area contributed by atoms with Gasteiger partial charge in [-0.3, -0.25) is 4.79 Å². The Morgan fingerprint density at radius 3 is 2.78 bits per heavy atom. The fraction of sp³-hybridized carbons (Fsp3) is 0.615. The highest BCUT2D eigenvalue weighted by Crippen LogP contribution is 2.35. The van der Waals surface area contributed by atoms with Gasteiger partial charge in [0.15, 0.2) is 0 Å². The highest BCUT2D eigenvalue weighted by atomic mass is 16.4. The van der Waals surface area contributed by atoms with Crippen LogP contribution in [0.5, 0.6) is 0 Å². The lowest BCUT2D eigenvalue weighted by Gasteiger charge is -2.29. The molecule has 2 N–H and O–H groups in total. The summed E-state index contributed by atoms with van der Waals surface area (Å²) < 4.78 is 0. The normalized spacial score (nSPS) is 17.6. The van der Waals surface area contributed by atoms with Crippen molar-refractivity contribution in [2.75, 3.05) is 5.32 Å². The molecule has 1 heterocycles. The number of aromatic nitrogens is 2. The van der Waals surface area contributed by atoms with E-state index in [1.54, 1.807) is 0 Å². The van der Waals surface area contributed by atoms with E-state index in [2.05, 4.69) is 15.3 Å². The molecule has 1 fully saturated rings. The molecule has 0 unspecified atom stereocenters. The second kappa shape index (κ2) is 5.33.